The lowest BCUT2D eigenvalue weighted by molar-refractivity contribution is -0.153. The Kier molecular flexibility index (Phi) is 8.45. The topological polar surface area (TPSA) is 190 Å². The summed E-state index contributed by atoms with van der Waals surface area (Å²) in [5, 5.41) is 47.1. The average molecular weight is 677 g/mol. The molecule has 206 valence electrons. The first kappa shape index (κ1) is 30.2. The van der Waals surface area contributed by atoms with Gasteiger partial charge in [-0.25, -0.2) is 0 Å². The molecule has 3 aliphatic rings. The number of aromatic hydroxyl groups is 1. The first-order valence-electron chi connectivity index (χ1n) is 11.3. The zero-order valence-electron chi connectivity index (χ0n) is 20.3. The molecule has 4 unspecified atom stereocenters. The van der Waals surface area contributed by atoms with Crippen LogP contribution in [-0.4, -0.2) is 85.0 Å². The Bertz CT molecular complexity index is 1310. The monoisotopic (exact) mass is 675 g/mol. The van der Waals surface area contributed by atoms with E-state index < -0.39 is 74.5 Å². The number of phenolic OH excluding ortho intramolecular Hbond substituents is 1. The van der Waals surface area contributed by atoms with Gasteiger partial charge in [0.1, 0.15) is 27.7 Å². The number of nitrogens with two attached hydrogens (primary N) is 1. The molecule has 7 N–H and O–H groups in total. The van der Waals surface area contributed by atoms with E-state index in [1.54, 1.807) is 6.07 Å². The van der Waals surface area contributed by atoms with Gasteiger partial charge in [0, 0.05) is 17.2 Å². The van der Waals surface area contributed by atoms with Crippen molar-refractivity contribution in [3.8, 4) is 5.75 Å². The summed E-state index contributed by atoms with van der Waals surface area (Å²) in [6.45, 7) is 0. The number of thiol groups is 1. The molecular weight excluding hydrogens is 650 g/mol. The van der Waals surface area contributed by atoms with Gasteiger partial charge in [-0.2, -0.15) is 12.6 Å². The number of aliphatic hydroxyl groups is 3. The number of benzene rings is 1. The first-order chi connectivity index (χ1) is 17.3. The lowest BCUT2D eigenvalue weighted by Gasteiger charge is -2.50. The second-order valence-corrected chi connectivity index (χ2v) is 11.1. The maximum absolute atomic E-state index is 13.8. The number of carbonyl (C=O) groups excluding carboxylic acids is 4. The Morgan fingerprint density at radius 2 is 1.89 bits per heavy atom. The predicted octanol–water partition coefficient (Wildman–Crippen LogP) is 1.17. The van der Waals surface area contributed by atoms with Crippen LogP contribution in [0.25, 0.3) is 5.76 Å². The number of alkyl halides is 1. The molecule has 0 aromatic heterocycles. The van der Waals surface area contributed by atoms with Gasteiger partial charge in [-0.3, -0.25) is 24.1 Å². The van der Waals surface area contributed by atoms with E-state index in [4.69, 9.17) is 5.73 Å². The normalized spacial score (nSPS) is 27.3. The van der Waals surface area contributed by atoms with Gasteiger partial charge < -0.3 is 31.5 Å². The number of primary amides is 1. The van der Waals surface area contributed by atoms with Crippen molar-refractivity contribution in [3.63, 3.8) is 0 Å². The van der Waals surface area contributed by atoms with Crippen molar-refractivity contribution in [2.45, 2.75) is 29.3 Å². The number of ketones is 2. The van der Waals surface area contributed by atoms with Crippen LogP contribution in [0, 0.1) is 11.8 Å². The number of nitrogens with zero attached hydrogens (tertiary/aromatic N) is 1. The van der Waals surface area contributed by atoms with E-state index in [0.717, 1.165) is 0 Å². The highest BCUT2D eigenvalue weighted by Crippen LogP contribution is 2.53. The summed E-state index contributed by atoms with van der Waals surface area (Å²) in [6, 6.07) is 1.90. The van der Waals surface area contributed by atoms with Crippen molar-refractivity contribution in [3.05, 3.63) is 40.2 Å². The summed E-state index contributed by atoms with van der Waals surface area (Å²) in [4.78, 5) is 51.9. The van der Waals surface area contributed by atoms with E-state index in [0.29, 0.717) is 5.56 Å². The molecule has 1 aromatic carbocycles. The molecule has 0 heterocycles. The molecule has 1 saturated carbocycles. The predicted molar refractivity (Wildman–Crippen MR) is 150 cm³/mol. The Morgan fingerprint density at radius 1 is 1.26 bits per heavy atom. The molecule has 0 bridgehead atoms. The van der Waals surface area contributed by atoms with Crippen LogP contribution in [0.2, 0.25) is 0 Å². The third-order valence-corrected chi connectivity index (χ3v) is 8.90. The minimum absolute atomic E-state index is 0. The standard InChI is InChI=1S/C24H26BrN3O8S.BrH/c1-28(2)16-10-6-9-5-8-3-4-12(27-23(35)11(25)7-37)17(29)13(8)18(30)14(9)20(32)24(10,36)21(33)15(19(16)31)22(26)34;/h3-4,9-11,16,29-30,33,36-37H,5-7H2,1-2H3,(H2,26,34)(H,27,35);1H/t9?,10?,11?,16-,24?;/m0./s1. The van der Waals surface area contributed by atoms with Crippen LogP contribution in [0.3, 0.4) is 0 Å². The second kappa shape index (κ2) is 10.6. The van der Waals surface area contributed by atoms with Crippen LogP contribution in [0.5, 0.6) is 5.75 Å². The molecule has 38 heavy (non-hydrogen) atoms. The van der Waals surface area contributed by atoms with Crippen LogP contribution in [0.1, 0.15) is 17.5 Å². The summed E-state index contributed by atoms with van der Waals surface area (Å²) in [5.74, 6) is -7.60. The van der Waals surface area contributed by atoms with Gasteiger partial charge in [0.05, 0.1) is 17.3 Å². The number of halogens is 2. The largest absolute Gasteiger partial charge is 0.508 e. The van der Waals surface area contributed by atoms with Crippen molar-refractivity contribution >= 4 is 80.4 Å². The molecule has 5 atom stereocenters. The smallest absolute Gasteiger partial charge is 0.255 e. The van der Waals surface area contributed by atoms with Gasteiger partial charge in [-0.05, 0) is 44.5 Å². The zero-order valence-corrected chi connectivity index (χ0v) is 24.5. The SMILES string of the molecule is Br.CN(C)[C@@H]1C(=O)C(C(N)=O)=C(O)C2(O)C(=O)C3=C(O)c4c(ccc(NC(=O)C(Br)CS)c4O)CC3CC12. The fourth-order valence-electron chi connectivity index (χ4n) is 5.61. The van der Waals surface area contributed by atoms with Gasteiger partial charge >= 0.3 is 0 Å². The third kappa shape index (κ3) is 4.35. The van der Waals surface area contributed by atoms with Crippen LogP contribution in [0.4, 0.5) is 5.69 Å². The molecule has 14 heteroatoms. The van der Waals surface area contributed by atoms with Crippen molar-refractivity contribution in [1.82, 2.24) is 4.90 Å². The van der Waals surface area contributed by atoms with E-state index in [-0.39, 0.29) is 52.4 Å². The second-order valence-electron chi connectivity index (χ2n) is 9.60. The number of carbonyl (C=O) groups is 4. The number of phenols is 1. The lowest BCUT2D eigenvalue weighted by Crippen LogP contribution is -2.65. The van der Waals surface area contributed by atoms with Gasteiger partial charge in [-0.15, -0.1) is 17.0 Å². The molecular formula is C24H27Br2N3O8S. The molecule has 4 rings (SSSR count). The minimum atomic E-state index is -2.71. The highest BCUT2D eigenvalue weighted by atomic mass is 79.9. The zero-order chi connectivity index (χ0) is 27.6. The van der Waals surface area contributed by atoms with Crippen LogP contribution < -0.4 is 11.1 Å². The van der Waals surface area contributed by atoms with Crippen LogP contribution >= 0.6 is 45.5 Å². The third-order valence-electron chi connectivity index (χ3n) is 7.30. The number of rotatable bonds is 5. The molecule has 0 saturated heterocycles. The van der Waals surface area contributed by atoms with E-state index >= 15 is 0 Å². The van der Waals surface area contributed by atoms with Crippen molar-refractivity contribution < 1.29 is 39.6 Å². The fraction of sp³-hybridized carbons (Fsp3) is 0.417. The summed E-state index contributed by atoms with van der Waals surface area (Å²) >= 11 is 7.19. The molecule has 2 amide bonds. The molecule has 0 spiro atoms. The van der Waals surface area contributed by atoms with Crippen LogP contribution in [-0.2, 0) is 25.6 Å². The molecule has 1 fully saturated rings. The number of amides is 2. The first-order valence-corrected chi connectivity index (χ1v) is 12.9. The Hall–Kier alpha value is -2.39. The van der Waals surface area contributed by atoms with E-state index in [1.165, 1.54) is 25.1 Å². The number of aliphatic hydroxyl groups excluding tert-OH is 2. The van der Waals surface area contributed by atoms with Crippen molar-refractivity contribution in [2.24, 2.45) is 17.6 Å². The Labute approximate surface area is 242 Å². The molecule has 0 radical (unpaired) electrons. The molecule has 1 aromatic rings. The maximum Gasteiger partial charge on any atom is 0.255 e. The fourth-order valence-corrected chi connectivity index (χ4v) is 5.89. The highest BCUT2D eigenvalue weighted by Gasteiger charge is 2.64. The van der Waals surface area contributed by atoms with Gasteiger partial charge in [0.15, 0.2) is 11.4 Å². The highest BCUT2D eigenvalue weighted by molar-refractivity contribution is 9.10. The number of Topliss-reactive ketones (excluding diaryl/α,β-unsaturated/α-hetero) is 2. The Balaban J connectivity index is 0.00000400. The number of hydrogen-bond donors (Lipinski definition) is 7. The van der Waals surface area contributed by atoms with Crippen molar-refractivity contribution in [2.75, 3.05) is 25.2 Å². The van der Waals surface area contributed by atoms with Crippen molar-refractivity contribution in [1.29, 1.82) is 0 Å². The minimum Gasteiger partial charge on any atom is -0.508 e. The summed E-state index contributed by atoms with van der Waals surface area (Å²) in [7, 11) is 3.07. The maximum atomic E-state index is 13.8. The summed E-state index contributed by atoms with van der Waals surface area (Å²) < 4.78 is 0. The number of likely N-dealkylation sites (N-methyl/N-ethyl adjacent to an activating group) is 1. The summed E-state index contributed by atoms with van der Waals surface area (Å²) in [6.07, 6.45) is 0.159. The van der Waals surface area contributed by atoms with E-state index in [1.807, 2.05) is 0 Å². The number of anilines is 1. The molecule has 3 aliphatic carbocycles. The average Bonchev–Trinajstić information content (AvgIpc) is 2.82. The Morgan fingerprint density at radius 3 is 2.45 bits per heavy atom. The van der Waals surface area contributed by atoms with E-state index in [9.17, 15) is 39.6 Å². The lowest BCUT2D eigenvalue weighted by atomic mass is 9.57. The number of nitrogens with one attached hydrogen (secondary N) is 1. The van der Waals surface area contributed by atoms with Crippen LogP contribution in [0.15, 0.2) is 29.0 Å². The van der Waals surface area contributed by atoms with Gasteiger partial charge in [0.25, 0.3) is 5.91 Å². The van der Waals surface area contributed by atoms with Gasteiger partial charge in [0.2, 0.25) is 11.7 Å². The molecule has 11 nitrogen and oxygen atoms in total. The number of hydrogen-bond acceptors (Lipinski definition) is 10. The summed E-state index contributed by atoms with van der Waals surface area (Å²) in [5.41, 5.74) is 1.82. The van der Waals surface area contributed by atoms with E-state index in [2.05, 4.69) is 33.9 Å². The van der Waals surface area contributed by atoms with Gasteiger partial charge in [-0.1, -0.05) is 22.0 Å². The molecule has 0 aliphatic heterocycles. The quantitative estimate of drug-likeness (QED) is 0.104. The number of fused-ring (bicyclic) bond motifs is 3.